The lowest BCUT2D eigenvalue weighted by Crippen LogP contribution is -2.29. The van der Waals surface area contributed by atoms with Gasteiger partial charge in [-0.25, -0.2) is 4.68 Å². The minimum atomic E-state index is 0.729. The third kappa shape index (κ3) is 5.35. The van der Waals surface area contributed by atoms with Crippen LogP contribution in [0.15, 0.2) is 116 Å². The number of aryl methyl sites for hydroxylation is 1. The van der Waals surface area contributed by atoms with Gasteiger partial charge in [0.05, 0.1) is 22.8 Å². The standard InChI is InChI=1S/C28H28N4/c1-22(13-12-16-24-14-6-3-7-15-24)29-30-23(2)28-21-27(25-17-8-4-9-18-25)31-32(28)26-19-10-5-11-20-26/h3-11,14-15,17-21,29-30H,1-2,12-13,16H2. The second-order valence-corrected chi connectivity index (χ2v) is 7.70. The van der Waals surface area contributed by atoms with E-state index in [0.717, 1.165) is 53.3 Å². The number of hydrogen-bond acceptors (Lipinski definition) is 3. The van der Waals surface area contributed by atoms with Crippen molar-refractivity contribution in [3.63, 3.8) is 0 Å². The SMILES string of the molecule is C=C(CCCc1ccccc1)NNC(=C)c1cc(-c2ccccc2)nn1-c1ccccc1. The maximum Gasteiger partial charge on any atom is 0.0934 e. The summed E-state index contributed by atoms with van der Waals surface area (Å²) in [7, 11) is 0. The van der Waals surface area contributed by atoms with E-state index in [1.807, 2.05) is 59.3 Å². The summed E-state index contributed by atoms with van der Waals surface area (Å²) < 4.78 is 1.91. The molecule has 4 aromatic rings. The molecule has 3 aromatic carbocycles. The highest BCUT2D eigenvalue weighted by Gasteiger charge is 2.14. The molecule has 160 valence electrons. The summed E-state index contributed by atoms with van der Waals surface area (Å²) >= 11 is 0. The van der Waals surface area contributed by atoms with E-state index in [2.05, 4.69) is 66.5 Å². The van der Waals surface area contributed by atoms with Gasteiger partial charge >= 0.3 is 0 Å². The van der Waals surface area contributed by atoms with Crippen LogP contribution >= 0.6 is 0 Å². The Morgan fingerprint density at radius 3 is 2.09 bits per heavy atom. The average Bonchev–Trinajstić information content (AvgIpc) is 3.30. The quantitative estimate of drug-likeness (QED) is 0.303. The maximum atomic E-state index is 4.85. The molecule has 1 aromatic heterocycles. The van der Waals surface area contributed by atoms with Crippen LogP contribution in [0.5, 0.6) is 0 Å². The van der Waals surface area contributed by atoms with Gasteiger partial charge in [-0.3, -0.25) is 5.43 Å². The molecule has 0 aliphatic heterocycles. The van der Waals surface area contributed by atoms with Crippen LogP contribution in [0.25, 0.3) is 22.6 Å². The molecule has 4 heteroatoms. The van der Waals surface area contributed by atoms with Gasteiger partial charge in [-0.15, -0.1) is 0 Å². The lowest BCUT2D eigenvalue weighted by molar-refractivity contribution is 0.673. The zero-order valence-electron chi connectivity index (χ0n) is 18.2. The second-order valence-electron chi connectivity index (χ2n) is 7.70. The molecular formula is C28H28N4. The van der Waals surface area contributed by atoms with Crippen LogP contribution < -0.4 is 10.9 Å². The Morgan fingerprint density at radius 1 is 0.781 bits per heavy atom. The van der Waals surface area contributed by atoms with E-state index in [1.54, 1.807) is 0 Å². The molecule has 4 rings (SSSR count). The molecule has 0 aliphatic rings. The van der Waals surface area contributed by atoms with Crippen LogP contribution in [0.1, 0.15) is 24.1 Å². The average molecular weight is 421 g/mol. The van der Waals surface area contributed by atoms with Crippen molar-refractivity contribution in [3.8, 4) is 16.9 Å². The summed E-state index contributed by atoms with van der Waals surface area (Å²) in [4.78, 5) is 0. The van der Waals surface area contributed by atoms with Crippen LogP contribution in [-0.2, 0) is 6.42 Å². The Bertz CT molecular complexity index is 1160. The number of nitrogens with one attached hydrogen (secondary N) is 2. The molecule has 0 fully saturated rings. The van der Waals surface area contributed by atoms with E-state index in [9.17, 15) is 0 Å². The molecule has 0 radical (unpaired) electrons. The molecule has 0 saturated carbocycles. The van der Waals surface area contributed by atoms with Crippen molar-refractivity contribution in [2.45, 2.75) is 19.3 Å². The van der Waals surface area contributed by atoms with Gasteiger partial charge in [0.2, 0.25) is 0 Å². The molecule has 0 bridgehead atoms. The van der Waals surface area contributed by atoms with Gasteiger partial charge in [-0.05, 0) is 43.0 Å². The summed E-state index contributed by atoms with van der Waals surface area (Å²) in [6.45, 7) is 8.39. The number of para-hydroxylation sites is 1. The summed E-state index contributed by atoms with van der Waals surface area (Å²) in [5.74, 6) is 0. The Hall–Kier alpha value is -4.05. The van der Waals surface area contributed by atoms with Gasteiger partial charge in [0.15, 0.2) is 0 Å². The van der Waals surface area contributed by atoms with Gasteiger partial charge in [-0.1, -0.05) is 92.0 Å². The number of rotatable bonds is 10. The minimum absolute atomic E-state index is 0.729. The van der Waals surface area contributed by atoms with E-state index in [4.69, 9.17) is 5.10 Å². The van der Waals surface area contributed by atoms with Crippen LogP contribution in [0.2, 0.25) is 0 Å². The van der Waals surface area contributed by atoms with Crippen LogP contribution in [0, 0.1) is 0 Å². The molecule has 4 nitrogen and oxygen atoms in total. The van der Waals surface area contributed by atoms with Gasteiger partial charge in [0, 0.05) is 11.3 Å². The lowest BCUT2D eigenvalue weighted by Gasteiger charge is -2.15. The molecule has 0 saturated heterocycles. The number of hydrogen-bond donors (Lipinski definition) is 2. The smallest absolute Gasteiger partial charge is 0.0934 e. The van der Waals surface area contributed by atoms with E-state index in [0.29, 0.717) is 0 Å². The topological polar surface area (TPSA) is 41.9 Å². The second kappa shape index (κ2) is 10.3. The first kappa shape index (κ1) is 21.2. The van der Waals surface area contributed by atoms with Crippen LogP contribution in [0.4, 0.5) is 0 Å². The largest absolute Gasteiger partial charge is 0.306 e. The highest BCUT2D eigenvalue weighted by atomic mass is 15.4. The third-order valence-electron chi connectivity index (χ3n) is 5.27. The molecule has 0 aliphatic carbocycles. The number of nitrogens with zero attached hydrogens (tertiary/aromatic N) is 2. The van der Waals surface area contributed by atoms with E-state index in [1.165, 1.54) is 5.56 Å². The van der Waals surface area contributed by atoms with Gasteiger partial charge < -0.3 is 5.43 Å². The molecular weight excluding hydrogens is 392 g/mol. The fourth-order valence-corrected chi connectivity index (χ4v) is 3.55. The molecule has 0 amide bonds. The summed E-state index contributed by atoms with van der Waals surface area (Å²) in [5, 5.41) is 4.85. The summed E-state index contributed by atoms with van der Waals surface area (Å²) in [5.41, 5.74) is 13.3. The van der Waals surface area contributed by atoms with Crippen molar-refractivity contribution < 1.29 is 0 Å². The van der Waals surface area contributed by atoms with Crippen molar-refractivity contribution >= 4 is 5.70 Å². The fraction of sp³-hybridized carbons (Fsp3) is 0.107. The van der Waals surface area contributed by atoms with Crippen LogP contribution in [0.3, 0.4) is 0 Å². The maximum absolute atomic E-state index is 4.85. The molecule has 0 spiro atoms. The van der Waals surface area contributed by atoms with Gasteiger partial charge in [0.25, 0.3) is 0 Å². The third-order valence-corrected chi connectivity index (χ3v) is 5.27. The Morgan fingerprint density at radius 2 is 1.41 bits per heavy atom. The highest BCUT2D eigenvalue weighted by molar-refractivity contribution is 5.68. The predicted molar refractivity (Wildman–Crippen MR) is 133 cm³/mol. The number of allylic oxidation sites excluding steroid dienone is 1. The van der Waals surface area contributed by atoms with Gasteiger partial charge in [-0.2, -0.15) is 5.10 Å². The first-order chi connectivity index (χ1) is 15.7. The Kier molecular flexibility index (Phi) is 6.83. The molecule has 32 heavy (non-hydrogen) atoms. The van der Waals surface area contributed by atoms with Crippen molar-refractivity contribution in [1.82, 2.24) is 20.6 Å². The van der Waals surface area contributed by atoms with E-state index < -0.39 is 0 Å². The minimum Gasteiger partial charge on any atom is -0.306 e. The fourth-order valence-electron chi connectivity index (χ4n) is 3.55. The summed E-state index contributed by atoms with van der Waals surface area (Å²) in [6.07, 6.45) is 2.94. The zero-order valence-corrected chi connectivity index (χ0v) is 18.2. The van der Waals surface area contributed by atoms with Gasteiger partial charge in [0.1, 0.15) is 0 Å². The van der Waals surface area contributed by atoms with E-state index >= 15 is 0 Å². The summed E-state index contributed by atoms with van der Waals surface area (Å²) in [6, 6.07) is 32.8. The molecule has 1 heterocycles. The van der Waals surface area contributed by atoms with Crippen molar-refractivity contribution in [2.75, 3.05) is 0 Å². The van der Waals surface area contributed by atoms with Crippen molar-refractivity contribution in [3.05, 3.63) is 127 Å². The number of hydrazine groups is 1. The number of benzene rings is 3. The lowest BCUT2D eigenvalue weighted by atomic mass is 10.1. The zero-order chi connectivity index (χ0) is 22.2. The van der Waals surface area contributed by atoms with Crippen molar-refractivity contribution in [1.29, 1.82) is 0 Å². The van der Waals surface area contributed by atoms with E-state index in [-0.39, 0.29) is 0 Å². The first-order valence-electron chi connectivity index (χ1n) is 10.8. The van der Waals surface area contributed by atoms with Crippen LogP contribution in [-0.4, -0.2) is 9.78 Å². The molecule has 2 N–H and O–H groups in total. The predicted octanol–water partition coefficient (Wildman–Crippen LogP) is 6.14. The Balaban J connectivity index is 1.43. The van der Waals surface area contributed by atoms with Crippen molar-refractivity contribution in [2.24, 2.45) is 0 Å². The number of aromatic nitrogens is 2. The Labute approximate surface area is 189 Å². The highest BCUT2D eigenvalue weighted by Crippen LogP contribution is 2.24. The normalized spacial score (nSPS) is 10.5. The molecule has 0 atom stereocenters. The molecule has 0 unspecified atom stereocenters. The first-order valence-corrected chi connectivity index (χ1v) is 10.8. The monoisotopic (exact) mass is 420 g/mol.